The average molecular weight is 964 g/mol. The predicted molar refractivity (Wildman–Crippen MR) is 235 cm³/mol. The number of benzene rings is 3. The van der Waals surface area contributed by atoms with Crippen LogP contribution in [0.5, 0.6) is 0 Å². The number of hydrogen-bond acceptors (Lipinski definition) is 16. The van der Waals surface area contributed by atoms with Crippen LogP contribution >= 0.6 is 7.82 Å². The first-order chi connectivity index (χ1) is 32.0. The molecule has 3 aliphatic carbocycles. The number of aliphatic hydroxyl groups excluding tert-OH is 1. The lowest BCUT2D eigenvalue weighted by molar-refractivity contribution is -0.350. The SMILES string of the molecule is CC(=O)O[C@H]1C(=O)[C@]2(C)[C@@H](OCOP(=O)(O)O)C[C@H]3OC[C@@]3(OC(C)=O)[C@H]2[C@H](OC(=O)c2ccccc2)[C@]2(O)C[C@H](OC(=O)[C@H](O)[C@@H](NC(=O)c3ccccc3)c3ccccc3)C(C)=C1C2(C)C. The molecule has 19 nitrogen and oxygen atoms in total. The standard InChI is InChI=1S/C48H54NO18P/c1-26-32(65-44(56)37(52)36(29-16-10-7-11-17-29)49-42(54)30-18-12-8-13-19-30)23-48(57)41(66-43(55)31-20-14-9-15-21-31)39-46(6,40(53)38(64-27(2)50)35(26)45(48,4)5)33(62-25-63-68(58,59)60)22-34-47(39,24-61-34)67-28(3)51/h7-21,32-34,36-39,41,52,57H,22-25H2,1-6H3,(H,49,54)(H2,58,59,60)/t32-,33-,34+,36-,37+,38+,39-,41-,46+,47-,48+/m0/s1. The number of ketones is 1. The van der Waals surface area contributed by atoms with Gasteiger partial charge in [-0.15, -0.1) is 0 Å². The molecule has 5 N–H and O–H groups in total. The van der Waals surface area contributed by atoms with Gasteiger partial charge in [-0.05, 0) is 54.8 Å². The molecule has 68 heavy (non-hydrogen) atoms. The maximum Gasteiger partial charge on any atom is 0.471 e. The van der Waals surface area contributed by atoms with Gasteiger partial charge in [0, 0.05) is 37.7 Å². The third-order valence-electron chi connectivity index (χ3n) is 13.9. The third-order valence-corrected chi connectivity index (χ3v) is 14.4. The molecule has 3 aromatic carbocycles. The molecule has 7 rings (SSSR count). The molecule has 364 valence electrons. The molecule has 2 bridgehead atoms. The van der Waals surface area contributed by atoms with E-state index in [9.17, 15) is 48.5 Å². The largest absolute Gasteiger partial charge is 0.471 e. The molecule has 1 saturated heterocycles. The first-order valence-corrected chi connectivity index (χ1v) is 23.3. The molecule has 1 heterocycles. The highest BCUT2D eigenvalue weighted by atomic mass is 31.2. The average Bonchev–Trinajstić information content (AvgIpc) is 3.28. The monoisotopic (exact) mass is 963 g/mol. The van der Waals surface area contributed by atoms with Crippen molar-refractivity contribution >= 4 is 43.4 Å². The Labute approximate surface area is 391 Å². The van der Waals surface area contributed by atoms with Crippen LogP contribution in [0.15, 0.2) is 102 Å². The molecule has 0 aromatic heterocycles. The molecule has 2 saturated carbocycles. The van der Waals surface area contributed by atoms with E-state index in [2.05, 4.69) is 9.84 Å². The molecule has 3 fully saturated rings. The van der Waals surface area contributed by atoms with Crippen molar-refractivity contribution in [2.24, 2.45) is 16.7 Å². The Balaban J connectivity index is 1.41. The normalized spacial score (nSPS) is 30.4. The smallest absolute Gasteiger partial charge is 0.456 e. The van der Waals surface area contributed by atoms with Crippen LogP contribution in [-0.2, 0) is 56.7 Å². The van der Waals surface area contributed by atoms with E-state index in [0.717, 1.165) is 13.8 Å². The second-order valence-electron chi connectivity index (χ2n) is 18.2. The van der Waals surface area contributed by atoms with E-state index in [-0.39, 0.29) is 28.7 Å². The van der Waals surface area contributed by atoms with Gasteiger partial charge in [-0.3, -0.25) is 23.7 Å². The highest BCUT2D eigenvalue weighted by molar-refractivity contribution is 7.46. The van der Waals surface area contributed by atoms with Crippen molar-refractivity contribution in [3.8, 4) is 0 Å². The maximum atomic E-state index is 15.9. The summed E-state index contributed by atoms with van der Waals surface area (Å²) in [4.78, 5) is 104. The minimum atomic E-state index is -5.16. The Morgan fingerprint density at radius 3 is 1.99 bits per heavy atom. The first-order valence-electron chi connectivity index (χ1n) is 21.8. The van der Waals surface area contributed by atoms with E-state index in [1.54, 1.807) is 78.9 Å². The van der Waals surface area contributed by atoms with Crippen molar-refractivity contribution in [3.05, 3.63) is 119 Å². The van der Waals surface area contributed by atoms with Crippen LogP contribution in [0.4, 0.5) is 0 Å². The van der Waals surface area contributed by atoms with Gasteiger partial charge in [-0.2, -0.15) is 0 Å². The highest BCUT2D eigenvalue weighted by Gasteiger charge is 2.78. The first kappa shape index (κ1) is 50.3. The maximum absolute atomic E-state index is 15.9. The van der Waals surface area contributed by atoms with Gasteiger partial charge in [0.2, 0.25) is 0 Å². The Kier molecular flexibility index (Phi) is 14.1. The number of rotatable bonds is 14. The number of amides is 1. The zero-order valence-electron chi connectivity index (χ0n) is 38.1. The summed E-state index contributed by atoms with van der Waals surface area (Å²) in [5, 5.41) is 28.4. The van der Waals surface area contributed by atoms with E-state index >= 15 is 4.79 Å². The van der Waals surface area contributed by atoms with Gasteiger partial charge in [-0.25, -0.2) is 14.2 Å². The Hall–Kier alpha value is -5.63. The molecule has 3 aromatic rings. The molecule has 0 spiro atoms. The number of phosphoric acid groups is 1. The fraction of sp³-hybridized carbons (Fsp3) is 0.458. The summed E-state index contributed by atoms with van der Waals surface area (Å²) in [5.41, 5.74) is -7.80. The quantitative estimate of drug-likeness (QED) is 0.0505. The van der Waals surface area contributed by atoms with Gasteiger partial charge in [0.25, 0.3) is 5.91 Å². The number of hydrogen-bond donors (Lipinski definition) is 5. The summed E-state index contributed by atoms with van der Waals surface area (Å²) in [7, 11) is -5.16. The Morgan fingerprint density at radius 1 is 0.853 bits per heavy atom. The molecule has 1 amide bonds. The number of aliphatic hydroxyl groups is 2. The van der Waals surface area contributed by atoms with Crippen LogP contribution < -0.4 is 5.32 Å². The fourth-order valence-corrected chi connectivity index (χ4v) is 10.8. The van der Waals surface area contributed by atoms with E-state index in [1.165, 1.54) is 39.8 Å². The molecule has 0 radical (unpaired) electrons. The summed E-state index contributed by atoms with van der Waals surface area (Å²) in [5.74, 6) is -7.38. The summed E-state index contributed by atoms with van der Waals surface area (Å²) >= 11 is 0. The molecule has 11 atom stereocenters. The number of nitrogens with one attached hydrogen (secondary N) is 1. The number of carbonyl (C=O) groups is 6. The van der Waals surface area contributed by atoms with Crippen molar-refractivity contribution in [1.29, 1.82) is 0 Å². The van der Waals surface area contributed by atoms with Crippen molar-refractivity contribution in [1.82, 2.24) is 5.32 Å². The highest BCUT2D eigenvalue weighted by Crippen LogP contribution is 2.65. The van der Waals surface area contributed by atoms with E-state index in [0.29, 0.717) is 5.56 Å². The van der Waals surface area contributed by atoms with Crippen LogP contribution in [0.3, 0.4) is 0 Å². The predicted octanol–water partition coefficient (Wildman–Crippen LogP) is 3.83. The van der Waals surface area contributed by atoms with Gasteiger partial charge >= 0.3 is 31.7 Å². The number of ether oxygens (including phenoxy) is 6. The molecule has 0 unspecified atom stereocenters. The second kappa shape index (κ2) is 19.0. The number of fused-ring (bicyclic) bond motifs is 5. The van der Waals surface area contributed by atoms with Crippen LogP contribution in [-0.4, -0.2) is 117 Å². The van der Waals surface area contributed by atoms with Gasteiger partial charge in [0.15, 0.2) is 30.4 Å². The van der Waals surface area contributed by atoms with E-state index in [1.807, 2.05) is 0 Å². The van der Waals surface area contributed by atoms with Gasteiger partial charge in [0.05, 0.1) is 35.6 Å². The summed E-state index contributed by atoms with van der Waals surface area (Å²) in [6.45, 7) is 6.50. The third kappa shape index (κ3) is 9.17. The van der Waals surface area contributed by atoms with Crippen molar-refractivity contribution in [3.63, 3.8) is 0 Å². The van der Waals surface area contributed by atoms with Gasteiger partial charge < -0.3 is 53.7 Å². The fourth-order valence-electron chi connectivity index (χ4n) is 10.6. The van der Waals surface area contributed by atoms with Crippen LogP contribution in [0.1, 0.15) is 86.7 Å². The molecule has 20 heteroatoms. The second-order valence-corrected chi connectivity index (χ2v) is 19.5. The zero-order chi connectivity index (χ0) is 49.6. The minimum Gasteiger partial charge on any atom is -0.456 e. The summed E-state index contributed by atoms with van der Waals surface area (Å²) in [6.07, 6.45) is -11.1. The number of phosphoric ester groups is 1. The Morgan fingerprint density at radius 2 is 1.44 bits per heavy atom. The molecule has 1 aliphatic heterocycles. The minimum absolute atomic E-state index is 0.00161. The lowest BCUT2D eigenvalue weighted by Gasteiger charge is -2.67. The number of carbonyl (C=O) groups excluding carboxylic acids is 6. The lowest BCUT2D eigenvalue weighted by Crippen LogP contribution is -2.82. The molecular weight excluding hydrogens is 909 g/mol. The zero-order valence-corrected chi connectivity index (χ0v) is 39.0. The Bertz CT molecular complexity index is 2510. The number of esters is 4. The van der Waals surface area contributed by atoms with Crippen molar-refractivity contribution in [2.45, 2.75) is 108 Å². The summed E-state index contributed by atoms with van der Waals surface area (Å²) < 4.78 is 53.0. The van der Waals surface area contributed by atoms with Crippen LogP contribution in [0.2, 0.25) is 0 Å². The van der Waals surface area contributed by atoms with Crippen LogP contribution in [0, 0.1) is 16.7 Å². The lowest BCUT2D eigenvalue weighted by atomic mass is 9.44. The number of Topliss-reactive ketones (excluding diaryl/α,β-unsaturated/α-hetero) is 1. The van der Waals surface area contributed by atoms with Gasteiger partial charge in [-0.1, -0.05) is 80.6 Å². The van der Waals surface area contributed by atoms with E-state index in [4.69, 9.17) is 28.4 Å². The topological polar surface area (TPSA) is 277 Å². The van der Waals surface area contributed by atoms with E-state index < -0.39 is 134 Å². The molecular formula is C48H54NO18P. The van der Waals surface area contributed by atoms with Gasteiger partial charge in [0.1, 0.15) is 23.9 Å². The molecule has 4 aliphatic rings. The summed E-state index contributed by atoms with van der Waals surface area (Å²) in [6, 6.07) is 22.4. The van der Waals surface area contributed by atoms with Crippen LogP contribution in [0.25, 0.3) is 0 Å². The van der Waals surface area contributed by atoms with Crippen molar-refractivity contribution in [2.75, 3.05) is 13.4 Å². The van der Waals surface area contributed by atoms with Crippen molar-refractivity contribution < 1.29 is 86.3 Å².